The minimum Gasteiger partial charge on any atom is -0.393 e. The van der Waals surface area contributed by atoms with E-state index < -0.39 is 0 Å². The third-order valence-corrected chi connectivity index (χ3v) is 13.7. The number of allylic oxidation sites excluding steroid dienone is 3. The molecule has 0 aromatic heterocycles. The van der Waals surface area contributed by atoms with Crippen LogP contribution in [0.25, 0.3) is 0 Å². The average Bonchev–Trinajstić information content (AvgIpc) is 2.83. The molecule has 2 N–H and O–H groups in total. The Balaban J connectivity index is 1.52. The van der Waals surface area contributed by atoms with E-state index in [0.717, 1.165) is 51.4 Å². The summed E-state index contributed by atoms with van der Waals surface area (Å²) >= 11 is 0. The molecule has 1 amide bonds. The Hall–Kier alpha value is -1.42. The average molecular weight is 538 g/mol. The van der Waals surface area contributed by atoms with Crippen molar-refractivity contribution < 1.29 is 14.7 Å². The Morgan fingerprint density at radius 1 is 0.974 bits per heavy atom. The van der Waals surface area contributed by atoms with Gasteiger partial charge in [-0.25, -0.2) is 0 Å². The molecule has 4 fully saturated rings. The monoisotopic (exact) mass is 537 g/mol. The number of nitrogens with one attached hydrogen (secondary N) is 1. The van der Waals surface area contributed by atoms with E-state index in [1.807, 2.05) is 13.8 Å². The van der Waals surface area contributed by atoms with E-state index in [2.05, 4.69) is 65.9 Å². The molecular formula is C35H55NO3. The fraction of sp³-hybridized carbons (Fsp3) is 0.829. The van der Waals surface area contributed by atoms with Crippen molar-refractivity contribution in [3.63, 3.8) is 0 Å². The molecule has 0 aromatic carbocycles. The lowest BCUT2D eigenvalue weighted by Crippen LogP contribution is -2.66. The Kier molecular flexibility index (Phi) is 6.74. The zero-order valence-corrected chi connectivity index (χ0v) is 26.2. The Morgan fingerprint density at radius 3 is 2.31 bits per heavy atom. The summed E-state index contributed by atoms with van der Waals surface area (Å²) in [5, 5.41) is 13.9. The zero-order valence-electron chi connectivity index (χ0n) is 26.2. The lowest BCUT2D eigenvalue weighted by molar-refractivity contribution is -0.202. The fourth-order valence-electron chi connectivity index (χ4n) is 11.0. The molecule has 0 unspecified atom stereocenters. The Morgan fingerprint density at radius 2 is 1.64 bits per heavy atom. The number of fused-ring (bicyclic) bond motifs is 7. The van der Waals surface area contributed by atoms with Crippen LogP contribution < -0.4 is 5.32 Å². The second-order valence-corrected chi connectivity index (χ2v) is 16.7. The van der Waals surface area contributed by atoms with Gasteiger partial charge in [0.1, 0.15) is 0 Å². The van der Waals surface area contributed by atoms with E-state index in [1.165, 1.54) is 12.0 Å². The van der Waals surface area contributed by atoms with Gasteiger partial charge < -0.3 is 10.4 Å². The first-order valence-corrected chi connectivity index (χ1v) is 15.9. The fourth-order valence-corrected chi connectivity index (χ4v) is 11.0. The molecule has 9 atom stereocenters. The molecule has 0 saturated heterocycles. The van der Waals surface area contributed by atoms with Crippen molar-refractivity contribution in [3.8, 4) is 0 Å². The van der Waals surface area contributed by atoms with Gasteiger partial charge in [0, 0.05) is 12.0 Å². The molecule has 5 rings (SSSR count). The van der Waals surface area contributed by atoms with Crippen molar-refractivity contribution in [1.29, 1.82) is 0 Å². The van der Waals surface area contributed by atoms with Crippen molar-refractivity contribution in [2.75, 3.05) is 0 Å². The minimum atomic E-state index is -0.286. The molecule has 5 aliphatic rings. The molecule has 0 aromatic rings. The maximum absolute atomic E-state index is 14.4. The van der Waals surface area contributed by atoms with Crippen molar-refractivity contribution in [2.24, 2.45) is 50.2 Å². The predicted molar refractivity (Wildman–Crippen MR) is 158 cm³/mol. The number of hydrogen-bond donors (Lipinski definition) is 2. The van der Waals surface area contributed by atoms with E-state index in [-0.39, 0.29) is 56.5 Å². The number of aliphatic hydroxyl groups excluding tert-OH is 1. The van der Waals surface area contributed by atoms with Gasteiger partial charge in [-0.3, -0.25) is 9.59 Å². The summed E-state index contributed by atoms with van der Waals surface area (Å²) in [5.41, 5.74) is 1.27. The van der Waals surface area contributed by atoms with Gasteiger partial charge >= 0.3 is 0 Å². The summed E-state index contributed by atoms with van der Waals surface area (Å²) in [6, 6.07) is 0.130. The van der Waals surface area contributed by atoms with Crippen LogP contribution in [0, 0.1) is 50.2 Å². The van der Waals surface area contributed by atoms with Crippen LogP contribution in [0.1, 0.15) is 120 Å². The van der Waals surface area contributed by atoms with Crippen LogP contribution in [0.5, 0.6) is 0 Å². The van der Waals surface area contributed by atoms with Gasteiger partial charge in [0.25, 0.3) is 0 Å². The molecule has 4 heteroatoms. The summed E-state index contributed by atoms with van der Waals surface area (Å²) in [7, 11) is 0. The standard InChI is InChI=1S/C35H55NO3/c1-22(2)36-28(39)12-13-31(5)16-17-32(6)18-19-34(8)23(24(32)21-31)20-25(37)29-33(7)14-11-27(38)30(3,4)26(33)10-15-35(29,34)9/h12-13,20,22,24,26-27,29,38H,10-11,14-19,21H2,1-9H3,(H,36,39)/b13-12+/t24-,26-,27-,29+,31-,32+,33-,34+,35+/m0/s1. The molecule has 0 radical (unpaired) electrons. The number of hydrogen-bond acceptors (Lipinski definition) is 3. The zero-order chi connectivity index (χ0) is 28.8. The van der Waals surface area contributed by atoms with E-state index >= 15 is 0 Å². The van der Waals surface area contributed by atoms with Gasteiger partial charge in [0.15, 0.2) is 5.78 Å². The summed E-state index contributed by atoms with van der Waals surface area (Å²) < 4.78 is 0. The summed E-state index contributed by atoms with van der Waals surface area (Å²) in [4.78, 5) is 26.9. The third kappa shape index (κ3) is 4.16. The molecular weight excluding hydrogens is 482 g/mol. The number of carbonyl (C=O) groups is 2. The highest BCUT2D eigenvalue weighted by molar-refractivity contribution is 5.95. The van der Waals surface area contributed by atoms with E-state index in [4.69, 9.17) is 0 Å². The van der Waals surface area contributed by atoms with E-state index in [1.54, 1.807) is 6.08 Å². The number of aliphatic hydroxyl groups is 1. The summed E-state index contributed by atoms with van der Waals surface area (Å²) in [5.74, 6) is 1.09. The number of carbonyl (C=O) groups excluding carboxylic acids is 2. The highest BCUT2D eigenvalue weighted by Crippen LogP contribution is 2.75. The molecule has 0 spiro atoms. The molecule has 0 aliphatic heterocycles. The van der Waals surface area contributed by atoms with Crippen molar-refractivity contribution in [2.45, 2.75) is 132 Å². The molecule has 0 heterocycles. The van der Waals surface area contributed by atoms with Crippen LogP contribution in [-0.2, 0) is 9.59 Å². The van der Waals surface area contributed by atoms with E-state index in [0.29, 0.717) is 17.6 Å². The number of amides is 1. The van der Waals surface area contributed by atoms with Gasteiger partial charge in [-0.1, -0.05) is 60.1 Å². The van der Waals surface area contributed by atoms with Crippen LogP contribution in [0.4, 0.5) is 0 Å². The normalized spacial score (nSPS) is 49.0. The largest absolute Gasteiger partial charge is 0.393 e. The van der Waals surface area contributed by atoms with Gasteiger partial charge in [-0.2, -0.15) is 0 Å². The number of ketones is 1. The first-order valence-electron chi connectivity index (χ1n) is 15.9. The van der Waals surface area contributed by atoms with Crippen LogP contribution in [0.2, 0.25) is 0 Å². The maximum atomic E-state index is 14.4. The highest BCUT2D eigenvalue weighted by Gasteiger charge is 2.70. The molecule has 4 nitrogen and oxygen atoms in total. The molecule has 218 valence electrons. The molecule has 4 saturated carbocycles. The molecule has 0 bridgehead atoms. The van der Waals surface area contributed by atoms with Gasteiger partial charge in [0.05, 0.1) is 6.10 Å². The van der Waals surface area contributed by atoms with Gasteiger partial charge in [-0.05, 0) is 128 Å². The maximum Gasteiger partial charge on any atom is 0.243 e. The summed E-state index contributed by atoms with van der Waals surface area (Å²) in [6.45, 7) is 20.6. The van der Waals surface area contributed by atoms with Crippen LogP contribution in [-0.4, -0.2) is 28.9 Å². The minimum absolute atomic E-state index is 0.000914. The Bertz CT molecular complexity index is 1100. The SMILES string of the molecule is CC(C)NC(=O)/C=C/[C@@]1(C)CC[C@]2(C)CC[C@]3(C)C(=CC(=O)[C@@H]4[C@@]5(C)CC[C@H](O)C(C)(C)[C@@H]5CC[C@]43C)[C@@H]2C1. The first-order chi connectivity index (χ1) is 17.9. The van der Waals surface area contributed by atoms with Crippen molar-refractivity contribution >= 4 is 11.7 Å². The first kappa shape index (κ1) is 29.1. The quantitative estimate of drug-likeness (QED) is 0.368. The Labute approximate surface area is 237 Å². The predicted octanol–water partition coefficient (Wildman–Crippen LogP) is 7.41. The van der Waals surface area contributed by atoms with Crippen LogP contribution in [0.15, 0.2) is 23.8 Å². The second kappa shape index (κ2) is 9.04. The lowest BCUT2D eigenvalue weighted by Gasteiger charge is -2.70. The van der Waals surface area contributed by atoms with Gasteiger partial charge in [0.2, 0.25) is 5.91 Å². The van der Waals surface area contributed by atoms with Crippen molar-refractivity contribution in [3.05, 3.63) is 23.8 Å². The van der Waals surface area contributed by atoms with Crippen molar-refractivity contribution in [1.82, 2.24) is 5.32 Å². The summed E-state index contributed by atoms with van der Waals surface area (Å²) in [6.07, 6.45) is 15.2. The molecule has 5 aliphatic carbocycles. The van der Waals surface area contributed by atoms with E-state index in [9.17, 15) is 14.7 Å². The highest BCUT2D eigenvalue weighted by atomic mass is 16.3. The second-order valence-electron chi connectivity index (χ2n) is 16.7. The number of rotatable bonds is 3. The van der Waals surface area contributed by atoms with Crippen LogP contribution >= 0.6 is 0 Å². The van der Waals surface area contributed by atoms with Crippen LogP contribution in [0.3, 0.4) is 0 Å². The topological polar surface area (TPSA) is 66.4 Å². The molecule has 39 heavy (non-hydrogen) atoms. The smallest absolute Gasteiger partial charge is 0.243 e. The van der Waals surface area contributed by atoms with Gasteiger partial charge in [-0.15, -0.1) is 0 Å². The lowest BCUT2D eigenvalue weighted by atomic mass is 9.33. The third-order valence-electron chi connectivity index (χ3n) is 13.7.